The molecule has 0 saturated heterocycles. The molecule has 0 bridgehead atoms. The van der Waals surface area contributed by atoms with Crippen LogP contribution in [0.1, 0.15) is 22.7 Å². The SMILES string of the molecule is Cl.N[C@H](c1ccc(OC(F)(F)F)cc1)c1cc(C(F)(F)F)ccc1Cl. The van der Waals surface area contributed by atoms with Crippen molar-refractivity contribution in [2.24, 2.45) is 5.73 Å². The van der Waals surface area contributed by atoms with Crippen molar-refractivity contribution in [1.29, 1.82) is 0 Å². The van der Waals surface area contributed by atoms with E-state index in [1.807, 2.05) is 0 Å². The van der Waals surface area contributed by atoms with Crippen LogP contribution in [0.2, 0.25) is 5.02 Å². The number of ether oxygens (including phenoxy) is 1. The molecule has 0 aromatic heterocycles. The van der Waals surface area contributed by atoms with Crippen LogP contribution in [-0.4, -0.2) is 6.36 Å². The summed E-state index contributed by atoms with van der Waals surface area (Å²) in [6.45, 7) is 0. The van der Waals surface area contributed by atoms with Crippen molar-refractivity contribution in [2.45, 2.75) is 18.6 Å². The molecule has 0 saturated carbocycles. The van der Waals surface area contributed by atoms with E-state index in [1.165, 1.54) is 12.1 Å². The average Bonchev–Trinajstić information content (AvgIpc) is 2.45. The predicted octanol–water partition coefficient (Wildman–Crippen LogP) is 5.73. The van der Waals surface area contributed by atoms with Gasteiger partial charge in [-0.25, -0.2) is 0 Å². The molecule has 2 nitrogen and oxygen atoms in total. The predicted molar refractivity (Wildman–Crippen MR) is 82.9 cm³/mol. The molecule has 0 heterocycles. The zero-order valence-electron chi connectivity index (χ0n) is 12.2. The summed E-state index contributed by atoms with van der Waals surface area (Å²) in [7, 11) is 0. The highest BCUT2D eigenvalue weighted by molar-refractivity contribution is 6.31. The Bertz CT molecular complexity index is 715. The summed E-state index contributed by atoms with van der Waals surface area (Å²) in [5.74, 6) is -0.464. The van der Waals surface area contributed by atoms with Gasteiger partial charge >= 0.3 is 12.5 Å². The Hall–Kier alpha value is -1.64. The van der Waals surface area contributed by atoms with Crippen LogP contribution in [0, 0.1) is 0 Å². The number of hydrogen-bond donors (Lipinski definition) is 1. The Kier molecular flexibility index (Phi) is 6.61. The molecule has 2 rings (SSSR count). The number of rotatable bonds is 3. The molecule has 10 heteroatoms. The van der Waals surface area contributed by atoms with Crippen molar-refractivity contribution in [3.8, 4) is 5.75 Å². The van der Waals surface area contributed by atoms with Gasteiger partial charge in [-0.1, -0.05) is 23.7 Å². The van der Waals surface area contributed by atoms with Crippen molar-refractivity contribution in [2.75, 3.05) is 0 Å². The summed E-state index contributed by atoms with van der Waals surface area (Å²) in [5, 5.41) is 0.0196. The fourth-order valence-electron chi connectivity index (χ4n) is 2.01. The molecule has 0 unspecified atom stereocenters. The van der Waals surface area contributed by atoms with Gasteiger partial charge in [0.2, 0.25) is 0 Å². The lowest BCUT2D eigenvalue weighted by Gasteiger charge is -2.17. The monoisotopic (exact) mass is 405 g/mol. The van der Waals surface area contributed by atoms with Crippen LogP contribution < -0.4 is 10.5 Å². The smallest absolute Gasteiger partial charge is 0.406 e. The summed E-state index contributed by atoms with van der Waals surface area (Å²) >= 11 is 5.89. The lowest BCUT2D eigenvalue weighted by Crippen LogP contribution is -2.17. The van der Waals surface area contributed by atoms with Gasteiger partial charge in [0.1, 0.15) is 5.75 Å². The van der Waals surface area contributed by atoms with Gasteiger partial charge in [-0.15, -0.1) is 25.6 Å². The van der Waals surface area contributed by atoms with Gasteiger partial charge in [-0.2, -0.15) is 13.2 Å². The van der Waals surface area contributed by atoms with Crippen LogP contribution >= 0.6 is 24.0 Å². The van der Waals surface area contributed by atoms with Crippen LogP contribution in [-0.2, 0) is 6.18 Å². The van der Waals surface area contributed by atoms with Crippen LogP contribution in [0.4, 0.5) is 26.3 Å². The summed E-state index contributed by atoms with van der Waals surface area (Å²) < 4.78 is 78.3. The highest BCUT2D eigenvalue weighted by Crippen LogP contribution is 2.35. The van der Waals surface area contributed by atoms with Gasteiger partial charge in [0.25, 0.3) is 0 Å². The molecular weight excluding hydrogens is 395 g/mol. The molecule has 0 fully saturated rings. The summed E-state index contributed by atoms with van der Waals surface area (Å²) in [5.41, 5.74) is 5.26. The first-order valence-electron chi connectivity index (χ1n) is 6.45. The normalized spacial score (nSPS) is 13.1. The first-order valence-corrected chi connectivity index (χ1v) is 6.83. The van der Waals surface area contributed by atoms with Gasteiger partial charge < -0.3 is 10.5 Å². The molecule has 0 spiro atoms. The van der Waals surface area contributed by atoms with Crippen molar-refractivity contribution < 1.29 is 31.1 Å². The summed E-state index contributed by atoms with van der Waals surface area (Å²) in [4.78, 5) is 0. The molecule has 138 valence electrons. The summed E-state index contributed by atoms with van der Waals surface area (Å²) in [6.07, 6.45) is -9.41. The number of alkyl halides is 6. The van der Waals surface area contributed by atoms with Gasteiger partial charge in [-0.05, 0) is 41.5 Å². The second-order valence-electron chi connectivity index (χ2n) is 4.83. The molecule has 1 atom stereocenters. The van der Waals surface area contributed by atoms with Crippen LogP contribution in [0.25, 0.3) is 0 Å². The second kappa shape index (κ2) is 7.72. The largest absolute Gasteiger partial charge is 0.573 e. The third-order valence-electron chi connectivity index (χ3n) is 3.13. The molecule has 25 heavy (non-hydrogen) atoms. The fraction of sp³-hybridized carbons (Fsp3) is 0.200. The van der Waals surface area contributed by atoms with Gasteiger partial charge in [0.05, 0.1) is 11.6 Å². The van der Waals surface area contributed by atoms with Gasteiger partial charge in [0.15, 0.2) is 0 Å². The highest BCUT2D eigenvalue weighted by atomic mass is 35.5. The summed E-state index contributed by atoms with van der Waals surface area (Å²) in [6, 6.07) is 6.14. The number of nitrogens with two attached hydrogens (primary N) is 1. The highest BCUT2D eigenvalue weighted by Gasteiger charge is 2.32. The quantitative estimate of drug-likeness (QED) is 0.662. The van der Waals surface area contributed by atoms with E-state index in [0.717, 1.165) is 30.3 Å². The molecule has 0 amide bonds. The van der Waals surface area contributed by atoms with Crippen molar-refractivity contribution in [1.82, 2.24) is 0 Å². The number of halogens is 8. The fourth-order valence-corrected chi connectivity index (χ4v) is 2.25. The Balaban J connectivity index is 0.00000312. The van der Waals surface area contributed by atoms with Crippen LogP contribution in [0.3, 0.4) is 0 Å². The topological polar surface area (TPSA) is 35.2 Å². The van der Waals surface area contributed by atoms with E-state index in [-0.39, 0.29) is 28.6 Å². The molecule has 0 radical (unpaired) electrons. The molecule has 2 aromatic carbocycles. The molecule has 0 aliphatic rings. The van der Waals surface area contributed by atoms with Crippen LogP contribution in [0.15, 0.2) is 42.5 Å². The maximum atomic E-state index is 12.8. The third-order valence-corrected chi connectivity index (χ3v) is 3.48. The average molecular weight is 406 g/mol. The Morgan fingerprint density at radius 2 is 1.48 bits per heavy atom. The standard InChI is InChI=1S/C15H10ClF6NO.ClH/c16-12-6-3-9(14(17,18)19)7-11(12)13(23)8-1-4-10(5-2-8)24-15(20,21)22;/h1-7,13H,23H2;1H/t13-;/m1./s1. The van der Waals surface area contributed by atoms with E-state index in [0.29, 0.717) is 0 Å². The van der Waals surface area contributed by atoms with E-state index in [9.17, 15) is 26.3 Å². The van der Waals surface area contributed by atoms with E-state index in [2.05, 4.69) is 4.74 Å². The lowest BCUT2D eigenvalue weighted by molar-refractivity contribution is -0.274. The molecule has 2 aromatic rings. The van der Waals surface area contributed by atoms with Crippen molar-refractivity contribution in [3.63, 3.8) is 0 Å². The van der Waals surface area contributed by atoms with E-state index >= 15 is 0 Å². The molecule has 0 aliphatic heterocycles. The first-order chi connectivity index (χ1) is 11.0. The second-order valence-corrected chi connectivity index (χ2v) is 5.24. The first kappa shape index (κ1) is 21.4. The third kappa shape index (κ3) is 5.69. The van der Waals surface area contributed by atoms with Crippen molar-refractivity contribution in [3.05, 3.63) is 64.2 Å². The van der Waals surface area contributed by atoms with E-state index in [1.54, 1.807) is 0 Å². The number of hydrogen-bond acceptors (Lipinski definition) is 2. The lowest BCUT2D eigenvalue weighted by atomic mass is 9.97. The Morgan fingerprint density at radius 1 is 0.920 bits per heavy atom. The maximum Gasteiger partial charge on any atom is 0.573 e. The minimum absolute atomic E-state index is 0. The van der Waals surface area contributed by atoms with Gasteiger partial charge in [-0.3, -0.25) is 0 Å². The minimum Gasteiger partial charge on any atom is -0.406 e. The Morgan fingerprint density at radius 3 is 1.96 bits per heavy atom. The van der Waals surface area contributed by atoms with Crippen molar-refractivity contribution >= 4 is 24.0 Å². The van der Waals surface area contributed by atoms with Gasteiger partial charge in [0, 0.05) is 5.02 Å². The minimum atomic E-state index is -4.84. The maximum absolute atomic E-state index is 12.8. The number of benzene rings is 2. The molecule has 2 N–H and O–H groups in total. The zero-order valence-corrected chi connectivity index (χ0v) is 13.7. The molecule has 0 aliphatic carbocycles. The molecular formula is C15H11Cl2F6NO. The van der Waals surface area contributed by atoms with Crippen LogP contribution in [0.5, 0.6) is 5.75 Å². The Labute approximate surface area is 149 Å². The zero-order chi connectivity index (χ0) is 18.1. The van der Waals surface area contributed by atoms with E-state index in [4.69, 9.17) is 17.3 Å². The van der Waals surface area contributed by atoms with E-state index < -0.39 is 29.9 Å².